The van der Waals surface area contributed by atoms with E-state index >= 15 is 0 Å². The van der Waals surface area contributed by atoms with Crippen molar-refractivity contribution in [2.75, 3.05) is 20.3 Å². The van der Waals surface area contributed by atoms with E-state index in [-0.39, 0.29) is 5.82 Å². The van der Waals surface area contributed by atoms with E-state index in [2.05, 4.69) is 26.9 Å². The van der Waals surface area contributed by atoms with Gasteiger partial charge in [0, 0.05) is 47.9 Å². The molecule has 1 aliphatic rings. The summed E-state index contributed by atoms with van der Waals surface area (Å²) in [6, 6.07) is 10.8. The molecule has 6 rings (SSSR count). The van der Waals surface area contributed by atoms with Crippen LogP contribution in [0, 0.1) is 19.7 Å². The predicted octanol–water partition coefficient (Wildman–Crippen LogP) is 5.68. The molecular formula is C28H28FN5O2. The van der Waals surface area contributed by atoms with E-state index in [9.17, 15) is 4.39 Å². The molecule has 1 N–H and O–H groups in total. The molecule has 1 fully saturated rings. The van der Waals surface area contributed by atoms with Gasteiger partial charge in [0.2, 0.25) is 0 Å². The Hall–Kier alpha value is -3.78. The monoisotopic (exact) mass is 485 g/mol. The van der Waals surface area contributed by atoms with Crippen molar-refractivity contribution in [3.8, 4) is 16.9 Å². The lowest BCUT2D eigenvalue weighted by atomic mass is 9.99. The number of imidazole rings is 1. The number of H-pyrrole nitrogens is 1. The summed E-state index contributed by atoms with van der Waals surface area (Å²) in [6.07, 6.45) is 3.70. The number of pyridine rings is 1. The van der Waals surface area contributed by atoms with Crippen LogP contribution in [0.5, 0.6) is 5.75 Å². The second-order valence-electron chi connectivity index (χ2n) is 9.44. The fourth-order valence-electron chi connectivity index (χ4n) is 5.37. The minimum absolute atomic E-state index is 0.240. The number of aromatic amines is 1. The number of nitrogens with one attached hydrogen (secondary N) is 1. The maximum Gasteiger partial charge on any atom is 0.127 e. The Morgan fingerprint density at radius 1 is 1.11 bits per heavy atom. The molecule has 5 aromatic rings. The lowest BCUT2D eigenvalue weighted by Crippen LogP contribution is -2.18. The average molecular weight is 486 g/mol. The summed E-state index contributed by atoms with van der Waals surface area (Å²) in [6.45, 7) is 6.03. The van der Waals surface area contributed by atoms with E-state index in [4.69, 9.17) is 19.4 Å². The highest BCUT2D eigenvalue weighted by Crippen LogP contribution is 2.39. The Kier molecular flexibility index (Phi) is 5.68. The molecule has 0 radical (unpaired) electrons. The molecule has 0 atom stereocenters. The van der Waals surface area contributed by atoms with Gasteiger partial charge in [-0.05, 0) is 56.5 Å². The molecule has 0 amide bonds. The highest BCUT2D eigenvalue weighted by Gasteiger charge is 2.25. The third kappa shape index (κ3) is 3.82. The summed E-state index contributed by atoms with van der Waals surface area (Å²) >= 11 is 0. The number of hydrogen-bond acceptors (Lipinski definition) is 5. The van der Waals surface area contributed by atoms with Gasteiger partial charge in [-0.3, -0.25) is 10.1 Å². The van der Waals surface area contributed by atoms with E-state index in [1.165, 1.54) is 12.1 Å². The van der Waals surface area contributed by atoms with Crippen molar-refractivity contribution < 1.29 is 13.9 Å². The molecule has 0 unspecified atom stereocenters. The van der Waals surface area contributed by atoms with Gasteiger partial charge in [0.15, 0.2) is 0 Å². The third-order valence-corrected chi connectivity index (χ3v) is 7.16. The van der Waals surface area contributed by atoms with Gasteiger partial charge in [-0.15, -0.1) is 0 Å². The summed E-state index contributed by atoms with van der Waals surface area (Å²) in [7, 11) is 1.69. The quantitative estimate of drug-likeness (QED) is 0.346. The van der Waals surface area contributed by atoms with Crippen molar-refractivity contribution in [2.45, 2.75) is 39.2 Å². The molecule has 3 aromatic heterocycles. The van der Waals surface area contributed by atoms with Crippen molar-refractivity contribution in [3.63, 3.8) is 0 Å². The highest BCUT2D eigenvalue weighted by molar-refractivity contribution is 6.05. The standard InChI is InChI=1S/C28H28FN5O2/c1-16-26(17(2)33-32-16)22-12-23-21(13-25(22)35-3)27-24(14-30-23)31-28(19-8-10-36-11-9-19)34(27)15-18-4-6-20(29)7-5-18/h4-7,12-14,19H,8-11,15H2,1-3H3,(H,32,33). The Bertz CT molecular complexity index is 1550. The first kappa shape index (κ1) is 22.7. The first-order valence-corrected chi connectivity index (χ1v) is 12.2. The predicted molar refractivity (Wildman–Crippen MR) is 137 cm³/mol. The Balaban J connectivity index is 1.59. The van der Waals surface area contributed by atoms with Crippen molar-refractivity contribution in [1.82, 2.24) is 24.7 Å². The zero-order valence-electron chi connectivity index (χ0n) is 20.6. The van der Waals surface area contributed by atoms with Crippen LogP contribution in [0.4, 0.5) is 4.39 Å². The topological polar surface area (TPSA) is 77.8 Å². The van der Waals surface area contributed by atoms with Crippen LogP contribution < -0.4 is 4.74 Å². The van der Waals surface area contributed by atoms with Gasteiger partial charge in [-0.25, -0.2) is 9.37 Å². The molecule has 0 bridgehead atoms. The van der Waals surface area contributed by atoms with Gasteiger partial charge in [-0.2, -0.15) is 5.10 Å². The number of ether oxygens (including phenoxy) is 2. The van der Waals surface area contributed by atoms with Gasteiger partial charge < -0.3 is 14.0 Å². The second-order valence-corrected chi connectivity index (χ2v) is 9.44. The normalized spacial score (nSPS) is 14.7. The SMILES string of the molecule is COc1cc2c(cc1-c1c(C)n[nH]c1C)ncc1nc(C3CCOCC3)n(Cc3ccc(F)cc3)c12. The van der Waals surface area contributed by atoms with Crippen LogP contribution in [0.1, 0.15) is 41.5 Å². The number of aromatic nitrogens is 5. The highest BCUT2D eigenvalue weighted by atomic mass is 19.1. The van der Waals surface area contributed by atoms with E-state index in [0.29, 0.717) is 12.5 Å². The molecule has 1 saturated heterocycles. The van der Waals surface area contributed by atoms with E-state index in [1.807, 2.05) is 32.2 Å². The van der Waals surface area contributed by atoms with Crippen molar-refractivity contribution in [1.29, 1.82) is 0 Å². The zero-order chi connectivity index (χ0) is 24.8. The number of fused-ring (bicyclic) bond motifs is 3. The molecule has 1 aliphatic heterocycles. The molecule has 8 heteroatoms. The van der Waals surface area contributed by atoms with Crippen LogP contribution >= 0.6 is 0 Å². The fraction of sp³-hybridized carbons (Fsp3) is 0.321. The molecule has 0 aliphatic carbocycles. The summed E-state index contributed by atoms with van der Waals surface area (Å²) in [5.41, 5.74) is 7.60. The Morgan fingerprint density at radius 2 is 1.89 bits per heavy atom. The number of benzene rings is 2. The number of rotatable bonds is 5. The molecule has 36 heavy (non-hydrogen) atoms. The van der Waals surface area contributed by atoms with E-state index in [0.717, 1.165) is 87.6 Å². The maximum absolute atomic E-state index is 13.6. The lowest BCUT2D eigenvalue weighted by Gasteiger charge is -2.23. The van der Waals surface area contributed by atoms with E-state index in [1.54, 1.807) is 7.11 Å². The number of hydrogen-bond donors (Lipinski definition) is 1. The van der Waals surface area contributed by atoms with Gasteiger partial charge >= 0.3 is 0 Å². The summed E-state index contributed by atoms with van der Waals surface area (Å²) < 4.78 is 27.4. The second kappa shape index (κ2) is 9.02. The van der Waals surface area contributed by atoms with Gasteiger partial charge in [0.25, 0.3) is 0 Å². The molecule has 0 saturated carbocycles. The minimum Gasteiger partial charge on any atom is -0.496 e. The third-order valence-electron chi connectivity index (χ3n) is 7.16. The smallest absolute Gasteiger partial charge is 0.127 e. The van der Waals surface area contributed by atoms with Gasteiger partial charge in [-0.1, -0.05) is 12.1 Å². The lowest BCUT2D eigenvalue weighted by molar-refractivity contribution is 0.0830. The first-order chi connectivity index (χ1) is 17.5. The van der Waals surface area contributed by atoms with Crippen LogP contribution in [0.2, 0.25) is 0 Å². The summed E-state index contributed by atoms with van der Waals surface area (Å²) in [5, 5.41) is 8.41. The number of nitrogens with zero attached hydrogens (tertiary/aromatic N) is 4. The number of methoxy groups -OCH3 is 1. The number of halogens is 1. The van der Waals surface area contributed by atoms with Crippen LogP contribution in [0.3, 0.4) is 0 Å². The van der Waals surface area contributed by atoms with E-state index < -0.39 is 0 Å². The van der Waals surface area contributed by atoms with Crippen molar-refractivity contribution in [2.24, 2.45) is 0 Å². The van der Waals surface area contributed by atoms with Gasteiger partial charge in [0.1, 0.15) is 22.9 Å². The Labute approximate surface area is 208 Å². The van der Waals surface area contributed by atoms with Crippen molar-refractivity contribution >= 4 is 21.9 Å². The summed E-state index contributed by atoms with van der Waals surface area (Å²) in [4.78, 5) is 9.87. The van der Waals surface area contributed by atoms with Gasteiger partial charge in [0.05, 0.1) is 30.0 Å². The summed E-state index contributed by atoms with van der Waals surface area (Å²) in [5.74, 6) is 1.83. The molecule has 2 aromatic carbocycles. The fourth-order valence-corrected chi connectivity index (χ4v) is 5.37. The van der Waals surface area contributed by atoms with Crippen LogP contribution in [-0.2, 0) is 11.3 Å². The average Bonchev–Trinajstić information content (AvgIpc) is 3.44. The number of aryl methyl sites for hydroxylation is 2. The minimum atomic E-state index is -0.240. The maximum atomic E-state index is 13.6. The largest absolute Gasteiger partial charge is 0.496 e. The first-order valence-electron chi connectivity index (χ1n) is 12.2. The van der Waals surface area contributed by atoms with Crippen LogP contribution in [-0.4, -0.2) is 45.1 Å². The van der Waals surface area contributed by atoms with Crippen LogP contribution in [0.25, 0.3) is 33.1 Å². The Morgan fingerprint density at radius 3 is 2.58 bits per heavy atom. The molecule has 7 nitrogen and oxygen atoms in total. The molecule has 184 valence electrons. The molecular weight excluding hydrogens is 457 g/mol. The van der Waals surface area contributed by atoms with Crippen molar-refractivity contribution in [3.05, 3.63) is 71.2 Å². The van der Waals surface area contributed by atoms with Crippen LogP contribution in [0.15, 0.2) is 42.6 Å². The molecule has 4 heterocycles. The zero-order valence-corrected chi connectivity index (χ0v) is 20.6. The molecule has 0 spiro atoms.